The van der Waals surface area contributed by atoms with Gasteiger partial charge in [-0.05, 0) is 22.0 Å². The number of aromatic nitrogens is 1. The number of nitrogens with zero attached hydrogens (tertiary/aromatic N) is 1. The van der Waals surface area contributed by atoms with Crippen molar-refractivity contribution in [3.05, 3.63) is 22.9 Å². The van der Waals surface area contributed by atoms with Gasteiger partial charge in [0.2, 0.25) is 5.91 Å². The van der Waals surface area contributed by atoms with Crippen LogP contribution in [0.2, 0.25) is 0 Å². The second-order valence-electron chi connectivity index (χ2n) is 2.09. The molecule has 0 aliphatic heterocycles. The zero-order valence-corrected chi connectivity index (χ0v) is 8.56. The molecule has 1 aromatic rings. The van der Waals surface area contributed by atoms with Gasteiger partial charge in [-0.1, -0.05) is 0 Å². The second-order valence-corrected chi connectivity index (χ2v) is 4.06. The maximum atomic E-state index is 10.4. The van der Waals surface area contributed by atoms with Crippen LogP contribution in [0.5, 0.6) is 0 Å². The number of rotatable bonds is 3. The molecule has 0 spiro atoms. The molecule has 0 unspecified atom stereocenters. The molecule has 0 aliphatic rings. The number of primary amides is 1. The molecule has 2 N–H and O–H groups in total. The highest BCUT2D eigenvalue weighted by Gasteiger charge is 1.98. The van der Waals surface area contributed by atoms with Crippen molar-refractivity contribution in [2.45, 2.75) is 4.90 Å². The van der Waals surface area contributed by atoms with Crippen LogP contribution in [-0.4, -0.2) is 16.6 Å². The lowest BCUT2D eigenvalue weighted by Gasteiger charge is -1.97. The van der Waals surface area contributed by atoms with Crippen LogP contribution < -0.4 is 5.73 Å². The lowest BCUT2D eigenvalue weighted by Crippen LogP contribution is -2.12. The Hall–Kier alpha value is -0.550. The minimum absolute atomic E-state index is 0.290. The van der Waals surface area contributed by atoms with Gasteiger partial charge in [-0.15, -0.1) is 11.8 Å². The van der Waals surface area contributed by atoms with Gasteiger partial charge in [-0.3, -0.25) is 9.78 Å². The number of halogens is 1. The van der Waals surface area contributed by atoms with E-state index in [-0.39, 0.29) is 11.7 Å². The van der Waals surface area contributed by atoms with Crippen molar-refractivity contribution in [3.63, 3.8) is 0 Å². The second kappa shape index (κ2) is 4.47. The molecule has 0 saturated carbocycles. The molecule has 1 heterocycles. The number of carbonyl (C=O) groups excluding carboxylic acids is 1. The van der Waals surface area contributed by atoms with Crippen molar-refractivity contribution in [1.82, 2.24) is 4.98 Å². The molecule has 64 valence electrons. The number of hydrogen-bond donors (Lipinski definition) is 1. The quantitative estimate of drug-likeness (QED) is 0.822. The summed E-state index contributed by atoms with van der Waals surface area (Å²) in [7, 11) is 0. The molecule has 0 saturated heterocycles. The molecule has 0 fully saturated rings. The van der Waals surface area contributed by atoms with E-state index in [0.717, 1.165) is 9.37 Å². The summed E-state index contributed by atoms with van der Waals surface area (Å²) in [5.41, 5.74) is 4.99. The van der Waals surface area contributed by atoms with E-state index < -0.39 is 0 Å². The summed E-state index contributed by atoms with van der Waals surface area (Å²) >= 11 is 4.65. The van der Waals surface area contributed by atoms with E-state index in [2.05, 4.69) is 20.9 Å². The Morgan fingerprint density at radius 1 is 1.67 bits per heavy atom. The average Bonchev–Trinajstić information content (AvgIpc) is 2.01. The van der Waals surface area contributed by atoms with E-state index in [1.165, 1.54) is 11.8 Å². The minimum atomic E-state index is -0.319. The summed E-state index contributed by atoms with van der Waals surface area (Å²) < 4.78 is 0.900. The van der Waals surface area contributed by atoms with E-state index in [4.69, 9.17) is 5.73 Å². The van der Waals surface area contributed by atoms with Crippen molar-refractivity contribution in [3.8, 4) is 0 Å². The largest absolute Gasteiger partial charge is 0.369 e. The van der Waals surface area contributed by atoms with E-state index in [1.54, 1.807) is 12.4 Å². The zero-order valence-electron chi connectivity index (χ0n) is 6.16. The summed E-state index contributed by atoms with van der Waals surface area (Å²) in [6, 6.07) is 1.89. The highest BCUT2D eigenvalue weighted by molar-refractivity contribution is 9.10. The van der Waals surface area contributed by atoms with Crippen LogP contribution in [0, 0.1) is 0 Å². The Morgan fingerprint density at radius 2 is 2.42 bits per heavy atom. The van der Waals surface area contributed by atoms with Crippen molar-refractivity contribution in [1.29, 1.82) is 0 Å². The third-order valence-corrected chi connectivity index (χ3v) is 2.48. The Morgan fingerprint density at radius 3 is 3.00 bits per heavy atom. The van der Waals surface area contributed by atoms with Crippen LogP contribution in [0.4, 0.5) is 0 Å². The molecular weight excluding hydrogens is 240 g/mol. The third kappa shape index (κ3) is 3.23. The molecule has 0 radical (unpaired) electrons. The number of pyridine rings is 1. The van der Waals surface area contributed by atoms with Gasteiger partial charge in [0.15, 0.2) is 0 Å². The van der Waals surface area contributed by atoms with E-state index in [9.17, 15) is 4.79 Å². The summed E-state index contributed by atoms with van der Waals surface area (Å²) in [4.78, 5) is 15.3. The van der Waals surface area contributed by atoms with Gasteiger partial charge in [-0.25, -0.2) is 0 Å². The summed E-state index contributed by atoms with van der Waals surface area (Å²) in [5.74, 6) is -0.0297. The first-order chi connectivity index (χ1) is 5.68. The predicted octanol–water partition coefficient (Wildman–Crippen LogP) is 1.42. The highest BCUT2D eigenvalue weighted by atomic mass is 79.9. The Bertz CT molecular complexity index is 292. The Kier molecular flexibility index (Phi) is 3.55. The molecule has 0 bridgehead atoms. The van der Waals surface area contributed by atoms with Crippen molar-refractivity contribution in [2.24, 2.45) is 5.73 Å². The molecule has 0 aliphatic carbocycles. The van der Waals surface area contributed by atoms with E-state index in [1.807, 2.05) is 6.07 Å². The Balaban J connectivity index is 2.57. The topological polar surface area (TPSA) is 56.0 Å². The SMILES string of the molecule is NC(=O)CSc1cncc(Br)c1. The van der Waals surface area contributed by atoms with E-state index in [0.29, 0.717) is 0 Å². The minimum Gasteiger partial charge on any atom is -0.369 e. The van der Waals surface area contributed by atoms with Gasteiger partial charge < -0.3 is 5.73 Å². The van der Waals surface area contributed by atoms with Crippen molar-refractivity contribution >= 4 is 33.6 Å². The number of nitrogens with two attached hydrogens (primary N) is 1. The van der Waals surface area contributed by atoms with Gasteiger partial charge in [-0.2, -0.15) is 0 Å². The molecule has 0 aromatic carbocycles. The fourth-order valence-corrected chi connectivity index (χ4v) is 1.80. The average molecular weight is 247 g/mol. The van der Waals surface area contributed by atoms with Crippen LogP contribution in [-0.2, 0) is 4.79 Å². The number of carbonyl (C=O) groups is 1. The monoisotopic (exact) mass is 246 g/mol. The van der Waals surface area contributed by atoms with Crippen molar-refractivity contribution < 1.29 is 4.79 Å². The van der Waals surface area contributed by atoms with E-state index >= 15 is 0 Å². The molecule has 1 amide bonds. The summed E-state index contributed by atoms with van der Waals surface area (Å²) in [6.07, 6.45) is 3.38. The lowest BCUT2D eigenvalue weighted by atomic mass is 10.5. The van der Waals surface area contributed by atoms with Crippen molar-refractivity contribution in [2.75, 3.05) is 5.75 Å². The van der Waals surface area contributed by atoms with Crippen LogP contribution in [0.15, 0.2) is 27.8 Å². The number of amides is 1. The molecule has 0 atom stereocenters. The van der Waals surface area contributed by atoms with Crippen LogP contribution in [0.3, 0.4) is 0 Å². The Labute approximate surface area is 82.9 Å². The molecule has 3 nitrogen and oxygen atoms in total. The first-order valence-corrected chi connectivity index (χ1v) is 4.98. The highest BCUT2D eigenvalue weighted by Crippen LogP contribution is 2.19. The summed E-state index contributed by atoms with van der Waals surface area (Å²) in [5, 5.41) is 0. The van der Waals surface area contributed by atoms with Crippen LogP contribution in [0.1, 0.15) is 0 Å². The van der Waals surface area contributed by atoms with Gasteiger partial charge in [0, 0.05) is 21.8 Å². The molecule has 1 rings (SSSR count). The molecule has 12 heavy (non-hydrogen) atoms. The molecular formula is C7H7BrN2OS. The van der Waals surface area contributed by atoms with Gasteiger partial charge in [0.25, 0.3) is 0 Å². The zero-order chi connectivity index (χ0) is 8.97. The molecule has 5 heteroatoms. The normalized spacial score (nSPS) is 9.75. The van der Waals surface area contributed by atoms with Gasteiger partial charge in [0.05, 0.1) is 5.75 Å². The first kappa shape index (κ1) is 9.54. The number of hydrogen-bond acceptors (Lipinski definition) is 3. The standard InChI is InChI=1S/C7H7BrN2OS/c8-5-1-6(3-10-2-5)12-4-7(9)11/h1-3H,4H2,(H2,9,11). The fourth-order valence-electron chi connectivity index (χ4n) is 0.626. The fraction of sp³-hybridized carbons (Fsp3) is 0.143. The molecule has 1 aromatic heterocycles. The lowest BCUT2D eigenvalue weighted by molar-refractivity contribution is -0.115. The van der Waals surface area contributed by atoms with Crippen LogP contribution in [0.25, 0.3) is 0 Å². The third-order valence-electron chi connectivity index (χ3n) is 1.06. The summed E-state index contributed by atoms with van der Waals surface area (Å²) in [6.45, 7) is 0. The number of thioether (sulfide) groups is 1. The first-order valence-electron chi connectivity index (χ1n) is 3.20. The van der Waals surface area contributed by atoms with Crippen LogP contribution >= 0.6 is 27.7 Å². The maximum Gasteiger partial charge on any atom is 0.227 e. The smallest absolute Gasteiger partial charge is 0.227 e. The maximum absolute atomic E-state index is 10.4. The predicted molar refractivity (Wildman–Crippen MR) is 51.9 cm³/mol. The van der Waals surface area contributed by atoms with Gasteiger partial charge in [0.1, 0.15) is 0 Å². The van der Waals surface area contributed by atoms with Gasteiger partial charge >= 0.3 is 0 Å².